The van der Waals surface area contributed by atoms with Crippen molar-refractivity contribution in [2.24, 2.45) is 5.92 Å². The Balaban J connectivity index is 2.07. The van der Waals surface area contributed by atoms with Gasteiger partial charge in [0.05, 0.1) is 5.69 Å². The highest BCUT2D eigenvalue weighted by atomic mass is 19.3. The van der Waals surface area contributed by atoms with Crippen LogP contribution >= 0.6 is 0 Å². The number of aryl methyl sites for hydroxylation is 1. The van der Waals surface area contributed by atoms with Gasteiger partial charge in [-0.1, -0.05) is 31.5 Å². The number of ether oxygens (including phenoxy) is 1. The summed E-state index contributed by atoms with van der Waals surface area (Å²) >= 11 is 0. The van der Waals surface area contributed by atoms with E-state index in [-0.39, 0.29) is 11.6 Å². The molecule has 0 aliphatic heterocycles. The number of hydrogen-bond donors (Lipinski definition) is 1. The standard InChI is InChI=1S/C18H23F2N3O2/c1-11(2)9-23-10-15(16(22-23)17(19)20)21-18(24)13(4)25-14-7-5-12(3)6-8-14/h5-8,10-11,13,17H,9H2,1-4H3,(H,21,24)/t13-/m0/s1. The minimum absolute atomic E-state index is 0.0139. The first-order valence-corrected chi connectivity index (χ1v) is 8.16. The number of aromatic nitrogens is 2. The van der Waals surface area contributed by atoms with Gasteiger partial charge >= 0.3 is 0 Å². The summed E-state index contributed by atoms with van der Waals surface area (Å²) < 4.78 is 33.3. The Morgan fingerprint density at radius 2 is 1.88 bits per heavy atom. The molecule has 1 heterocycles. The van der Waals surface area contributed by atoms with Crippen LogP contribution in [0.3, 0.4) is 0 Å². The van der Waals surface area contributed by atoms with Gasteiger partial charge in [0.1, 0.15) is 5.75 Å². The number of alkyl halides is 2. The molecule has 5 nitrogen and oxygen atoms in total. The van der Waals surface area contributed by atoms with Crippen molar-refractivity contribution in [3.63, 3.8) is 0 Å². The molecule has 1 N–H and O–H groups in total. The minimum Gasteiger partial charge on any atom is -0.481 e. The number of amides is 1. The molecule has 0 radical (unpaired) electrons. The van der Waals surface area contributed by atoms with E-state index in [1.165, 1.54) is 10.9 Å². The van der Waals surface area contributed by atoms with Crippen molar-refractivity contribution >= 4 is 11.6 Å². The van der Waals surface area contributed by atoms with E-state index in [1.54, 1.807) is 19.1 Å². The van der Waals surface area contributed by atoms with Gasteiger partial charge in [-0.25, -0.2) is 8.78 Å². The van der Waals surface area contributed by atoms with E-state index >= 15 is 0 Å². The second kappa shape index (κ2) is 8.09. The van der Waals surface area contributed by atoms with E-state index in [0.717, 1.165) is 5.56 Å². The fourth-order valence-electron chi connectivity index (χ4n) is 2.27. The average Bonchev–Trinajstić information content (AvgIpc) is 2.91. The van der Waals surface area contributed by atoms with Gasteiger partial charge in [0.15, 0.2) is 11.8 Å². The summed E-state index contributed by atoms with van der Waals surface area (Å²) in [6.45, 7) is 7.92. The van der Waals surface area contributed by atoms with Crippen molar-refractivity contribution in [3.05, 3.63) is 41.7 Å². The zero-order valence-electron chi connectivity index (χ0n) is 14.8. The monoisotopic (exact) mass is 351 g/mol. The number of halogens is 2. The third-order valence-electron chi connectivity index (χ3n) is 3.51. The molecule has 1 aromatic heterocycles. The van der Waals surface area contributed by atoms with Crippen LogP contribution in [0.5, 0.6) is 5.75 Å². The van der Waals surface area contributed by atoms with Gasteiger partial charge < -0.3 is 10.1 Å². The van der Waals surface area contributed by atoms with Crippen LogP contribution in [0, 0.1) is 12.8 Å². The quantitative estimate of drug-likeness (QED) is 0.814. The lowest BCUT2D eigenvalue weighted by atomic mass is 10.2. The summed E-state index contributed by atoms with van der Waals surface area (Å²) in [5, 5.41) is 6.36. The van der Waals surface area contributed by atoms with E-state index in [9.17, 15) is 13.6 Å². The molecule has 0 spiro atoms. The molecule has 136 valence electrons. The lowest BCUT2D eigenvalue weighted by Crippen LogP contribution is -2.30. The molecule has 2 rings (SSSR count). The third kappa shape index (κ3) is 5.27. The largest absolute Gasteiger partial charge is 0.481 e. The van der Waals surface area contributed by atoms with Gasteiger partial charge in [-0.05, 0) is 31.9 Å². The van der Waals surface area contributed by atoms with E-state index in [4.69, 9.17) is 4.74 Å². The Labute approximate surface area is 146 Å². The Morgan fingerprint density at radius 1 is 1.24 bits per heavy atom. The molecule has 0 bridgehead atoms. The SMILES string of the molecule is Cc1ccc(O[C@@H](C)C(=O)Nc2cn(CC(C)C)nc2C(F)F)cc1. The second-order valence-corrected chi connectivity index (χ2v) is 6.41. The Morgan fingerprint density at radius 3 is 2.44 bits per heavy atom. The van der Waals surface area contributed by atoms with Gasteiger partial charge in [0.2, 0.25) is 0 Å². The van der Waals surface area contributed by atoms with Crippen molar-refractivity contribution in [2.45, 2.75) is 46.8 Å². The predicted molar refractivity (Wildman–Crippen MR) is 91.9 cm³/mol. The Bertz CT molecular complexity index is 712. The van der Waals surface area contributed by atoms with Crippen LogP contribution in [-0.2, 0) is 11.3 Å². The second-order valence-electron chi connectivity index (χ2n) is 6.41. The van der Waals surface area contributed by atoms with Crippen LogP contribution in [0.25, 0.3) is 0 Å². The van der Waals surface area contributed by atoms with E-state index in [0.29, 0.717) is 12.3 Å². The van der Waals surface area contributed by atoms with Crippen LogP contribution in [0.1, 0.15) is 38.5 Å². The topological polar surface area (TPSA) is 56.1 Å². The molecule has 0 saturated heterocycles. The third-order valence-corrected chi connectivity index (χ3v) is 3.51. The summed E-state index contributed by atoms with van der Waals surface area (Å²) in [6, 6.07) is 7.24. The first-order chi connectivity index (χ1) is 11.8. The molecule has 0 aliphatic rings. The summed E-state index contributed by atoms with van der Waals surface area (Å²) in [4.78, 5) is 12.3. The molecule has 7 heteroatoms. The smallest absolute Gasteiger partial charge is 0.284 e. The molecule has 0 unspecified atom stereocenters. The Kier molecular flexibility index (Phi) is 6.12. The lowest BCUT2D eigenvalue weighted by Gasteiger charge is -2.14. The fraction of sp³-hybridized carbons (Fsp3) is 0.444. The van der Waals surface area contributed by atoms with Crippen LogP contribution in [-0.4, -0.2) is 21.8 Å². The van der Waals surface area contributed by atoms with E-state index in [1.807, 2.05) is 32.9 Å². The zero-order chi connectivity index (χ0) is 18.6. The first-order valence-electron chi connectivity index (χ1n) is 8.16. The molecule has 1 amide bonds. The van der Waals surface area contributed by atoms with Crippen LogP contribution in [0.15, 0.2) is 30.5 Å². The molecule has 0 aliphatic carbocycles. The van der Waals surface area contributed by atoms with E-state index in [2.05, 4.69) is 10.4 Å². The van der Waals surface area contributed by atoms with Crippen LogP contribution in [0.2, 0.25) is 0 Å². The first kappa shape index (κ1) is 18.9. The van der Waals surface area contributed by atoms with Crippen LogP contribution < -0.4 is 10.1 Å². The lowest BCUT2D eigenvalue weighted by molar-refractivity contribution is -0.122. The molecular weight excluding hydrogens is 328 g/mol. The molecule has 2 aromatic rings. The number of hydrogen-bond acceptors (Lipinski definition) is 3. The highest BCUT2D eigenvalue weighted by molar-refractivity contribution is 5.94. The number of nitrogens with one attached hydrogen (secondary N) is 1. The predicted octanol–water partition coefficient (Wildman–Crippen LogP) is 4.19. The van der Waals surface area contributed by atoms with Gasteiger partial charge in [-0.3, -0.25) is 9.48 Å². The number of carbonyl (C=O) groups excluding carboxylic acids is 1. The van der Waals surface area contributed by atoms with Gasteiger partial charge in [-0.2, -0.15) is 5.10 Å². The molecule has 0 fully saturated rings. The van der Waals surface area contributed by atoms with Crippen molar-refractivity contribution in [2.75, 3.05) is 5.32 Å². The number of nitrogens with zero attached hydrogens (tertiary/aromatic N) is 2. The summed E-state index contributed by atoms with van der Waals surface area (Å²) in [7, 11) is 0. The molecular formula is C18H23F2N3O2. The van der Waals surface area contributed by atoms with Gasteiger partial charge in [0, 0.05) is 12.7 Å². The van der Waals surface area contributed by atoms with E-state index < -0.39 is 24.1 Å². The fourth-order valence-corrected chi connectivity index (χ4v) is 2.27. The molecule has 1 aromatic carbocycles. The maximum atomic E-state index is 13.2. The maximum Gasteiger partial charge on any atom is 0.284 e. The summed E-state index contributed by atoms with van der Waals surface area (Å²) in [6.07, 6.45) is -2.17. The normalized spacial score (nSPS) is 12.5. The summed E-state index contributed by atoms with van der Waals surface area (Å²) in [5.74, 6) is 0.280. The van der Waals surface area contributed by atoms with Gasteiger partial charge in [0.25, 0.3) is 12.3 Å². The highest BCUT2D eigenvalue weighted by Gasteiger charge is 2.23. The summed E-state index contributed by atoms with van der Waals surface area (Å²) in [5.41, 5.74) is 0.653. The molecule has 1 atom stereocenters. The average molecular weight is 351 g/mol. The number of carbonyl (C=O) groups is 1. The number of rotatable bonds is 7. The zero-order valence-corrected chi connectivity index (χ0v) is 14.8. The molecule has 25 heavy (non-hydrogen) atoms. The van der Waals surface area contributed by atoms with Crippen LogP contribution in [0.4, 0.5) is 14.5 Å². The van der Waals surface area contributed by atoms with Crippen molar-refractivity contribution < 1.29 is 18.3 Å². The highest BCUT2D eigenvalue weighted by Crippen LogP contribution is 2.26. The number of anilines is 1. The van der Waals surface area contributed by atoms with Crippen molar-refractivity contribution in [3.8, 4) is 5.75 Å². The maximum absolute atomic E-state index is 13.2. The minimum atomic E-state index is -2.77. The Hall–Kier alpha value is -2.44. The molecule has 0 saturated carbocycles. The number of benzene rings is 1. The van der Waals surface area contributed by atoms with Crippen molar-refractivity contribution in [1.29, 1.82) is 0 Å². The van der Waals surface area contributed by atoms with Gasteiger partial charge in [-0.15, -0.1) is 0 Å². The van der Waals surface area contributed by atoms with Crippen molar-refractivity contribution in [1.82, 2.24) is 9.78 Å².